The summed E-state index contributed by atoms with van der Waals surface area (Å²) in [6, 6.07) is 12.8. The molecule has 0 aliphatic rings. The summed E-state index contributed by atoms with van der Waals surface area (Å²) in [5.41, 5.74) is 8.14. The lowest BCUT2D eigenvalue weighted by atomic mass is 9.95. The molecule has 3 heteroatoms. The molecule has 3 rings (SSSR count). The maximum atomic E-state index is 10.8. The zero-order valence-electron chi connectivity index (χ0n) is 13.7. The third kappa shape index (κ3) is 3.14. The van der Waals surface area contributed by atoms with Gasteiger partial charge < -0.3 is 10.1 Å². The van der Waals surface area contributed by atoms with Gasteiger partial charge in [0.1, 0.15) is 0 Å². The number of aromatic amines is 1. The fourth-order valence-corrected chi connectivity index (χ4v) is 3.25. The van der Waals surface area contributed by atoms with Gasteiger partial charge in [-0.1, -0.05) is 24.3 Å². The fraction of sp³-hybridized carbons (Fsp3) is 0.250. The molecule has 0 amide bonds. The van der Waals surface area contributed by atoms with Gasteiger partial charge in [-0.3, -0.25) is 4.79 Å². The average molecular weight is 307 g/mol. The third-order valence-electron chi connectivity index (χ3n) is 4.27. The zero-order chi connectivity index (χ0) is 16.6. The van der Waals surface area contributed by atoms with E-state index >= 15 is 0 Å². The summed E-state index contributed by atoms with van der Waals surface area (Å²) in [5.74, 6) is -0.754. The molecule has 0 saturated heterocycles. The number of nitrogens with one attached hydrogen (secondary N) is 1. The van der Waals surface area contributed by atoms with Crippen molar-refractivity contribution in [3.8, 4) is 11.3 Å². The molecule has 0 fully saturated rings. The highest BCUT2D eigenvalue weighted by atomic mass is 16.4. The second kappa shape index (κ2) is 5.92. The van der Waals surface area contributed by atoms with Crippen molar-refractivity contribution >= 4 is 16.9 Å². The van der Waals surface area contributed by atoms with E-state index in [9.17, 15) is 4.79 Å². The van der Waals surface area contributed by atoms with Crippen molar-refractivity contribution in [2.45, 2.75) is 33.6 Å². The Hall–Kier alpha value is -2.55. The van der Waals surface area contributed by atoms with E-state index in [4.69, 9.17) is 5.11 Å². The van der Waals surface area contributed by atoms with Crippen molar-refractivity contribution < 1.29 is 9.90 Å². The molecule has 2 N–H and O–H groups in total. The quantitative estimate of drug-likeness (QED) is 0.729. The smallest absolute Gasteiger partial charge is 0.303 e. The number of hydrogen-bond donors (Lipinski definition) is 2. The Bertz CT molecular complexity index is 867. The molecule has 3 aromatic rings. The van der Waals surface area contributed by atoms with Crippen LogP contribution in [0, 0.1) is 20.8 Å². The summed E-state index contributed by atoms with van der Waals surface area (Å²) in [6.07, 6.45) is 0.743. The van der Waals surface area contributed by atoms with Gasteiger partial charge in [-0.2, -0.15) is 0 Å². The van der Waals surface area contributed by atoms with Crippen LogP contribution < -0.4 is 0 Å². The summed E-state index contributed by atoms with van der Waals surface area (Å²) in [6.45, 7) is 6.26. The SMILES string of the molecule is Cc1ccc2cc(-c3c(C)cc(CCC(=O)O)cc3C)[nH]c2c1. The first-order valence-corrected chi connectivity index (χ1v) is 7.85. The zero-order valence-corrected chi connectivity index (χ0v) is 13.7. The van der Waals surface area contributed by atoms with Crippen LogP contribution >= 0.6 is 0 Å². The molecule has 0 aliphatic carbocycles. The normalized spacial score (nSPS) is 11.1. The maximum absolute atomic E-state index is 10.8. The lowest BCUT2D eigenvalue weighted by Gasteiger charge is -2.11. The number of fused-ring (bicyclic) bond motifs is 1. The molecular weight excluding hydrogens is 286 g/mol. The lowest BCUT2D eigenvalue weighted by Crippen LogP contribution is -1.99. The molecule has 0 spiro atoms. The van der Waals surface area contributed by atoms with Crippen molar-refractivity contribution in [1.29, 1.82) is 0 Å². The predicted molar refractivity (Wildman–Crippen MR) is 93.9 cm³/mol. The molecule has 1 aromatic heterocycles. The molecule has 118 valence electrons. The second-order valence-electron chi connectivity index (χ2n) is 6.27. The van der Waals surface area contributed by atoms with Crippen LogP contribution in [-0.2, 0) is 11.2 Å². The average Bonchev–Trinajstić information content (AvgIpc) is 2.86. The number of H-pyrrole nitrogens is 1. The van der Waals surface area contributed by atoms with Crippen LogP contribution in [0.4, 0.5) is 0 Å². The topological polar surface area (TPSA) is 53.1 Å². The van der Waals surface area contributed by atoms with E-state index < -0.39 is 5.97 Å². The minimum atomic E-state index is -0.754. The summed E-state index contributed by atoms with van der Waals surface area (Å²) < 4.78 is 0. The van der Waals surface area contributed by atoms with Crippen LogP contribution in [0.25, 0.3) is 22.2 Å². The number of aryl methyl sites for hydroxylation is 4. The molecule has 0 bridgehead atoms. The van der Waals surface area contributed by atoms with Gasteiger partial charge in [0.15, 0.2) is 0 Å². The number of carboxylic acids is 1. The minimum absolute atomic E-state index is 0.171. The van der Waals surface area contributed by atoms with Crippen LogP contribution in [-0.4, -0.2) is 16.1 Å². The van der Waals surface area contributed by atoms with Crippen LogP contribution in [0.3, 0.4) is 0 Å². The molecule has 0 unspecified atom stereocenters. The molecule has 0 saturated carbocycles. The Morgan fingerprint density at radius 2 is 1.74 bits per heavy atom. The van der Waals surface area contributed by atoms with Crippen molar-refractivity contribution in [3.05, 3.63) is 58.7 Å². The highest BCUT2D eigenvalue weighted by Crippen LogP contribution is 2.31. The van der Waals surface area contributed by atoms with Gasteiger partial charge in [-0.05, 0) is 61.6 Å². The van der Waals surface area contributed by atoms with Crippen LogP contribution in [0.1, 0.15) is 28.7 Å². The standard InChI is InChI=1S/C20H21NO2/c1-12-4-6-16-11-18(21-17(16)8-12)20-13(2)9-15(10-14(20)3)5-7-19(22)23/h4,6,8-11,21H,5,7H2,1-3H3,(H,22,23). The van der Waals surface area contributed by atoms with E-state index in [0.29, 0.717) is 6.42 Å². The highest BCUT2D eigenvalue weighted by Gasteiger charge is 2.11. The number of aromatic nitrogens is 1. The van der Waals surface area contributed by atoms with Crippen LogP contribution in [0.2, 0.25) is 0 Å². The Labute approximate surface area is 136 Å². The molecule has 0 aliphatic heterocycles. The van der Waals surface area contributed by atoms with Gasteiger partial charge in [0.25, 0.3) is 0 Å². The number of rotatable bonds is 4. The predicted octanol–water partition coefficient (Wildman–Crippen LogP) is 4.78. The molecule has 2 aromatic carbocycles. The van der Waals surface area contributed by atoms with Gasteiger partial charge in [-0.15, -0.1) is 0 Å². The summed E-state index contributed by atoms with van der Waals surface area (Å²) >= 11 is 0. The number of aliphatic carboxylic acids is 1. The van der Waals surface area contributed by atoms with Crippen molar-refractivity contribution in [1.82, 2.24) is 4.98 Å². The monoisotopic (exact) mass is 307 g/mol. The van der Waals surface area contributed by atoms with Gasteiger partial charge >= 0.3 is 5.97 Å². The van der Waals surface area contributed by atoms with E-state index in [-0.39, 0.29) is 6.42 Å². The lowest BCUT2D eigenvalue weighted by molar-refractivity contribution is -0.136. The highest BCUT2D eigenvalue weighted by molar-refractivity contribution is 5.87. The van der Waals surface area contributed by atoms with E-state index in [1.807, 2.05) is 0 Å². The summed E-state index contributed by atoms with van der Waals surface area (Å²) in [4.78, 5) is 14.3. The van der Waals surface area contributed by atoms with E-state index in [1.165, 1.54) is 27.6 Å². The summed E-state index contributed by atoms with van der Waals surface area (Å²) in [7, 11) is 0. The van der Waals surface area contributed by atoms with Gasteiger partial charge in [0, 0.05) is 28.6 Å². The third-order valence-corrected chi connectivity index (χ3v) is 4.27. The molecule has 0 radical (unpaired) electrons. The Kier molecular flexibility index (Phi) is 3.95. The van der Waals surface area contributed by atoms with Gasteiger partial charge in [-0.25, -0.2) is 0 Å². The molecule has 3 nitrogen and oxygen atoms in total. The number of hydrogen-bond acceptors (Lipinski definition) is 1. The van der Waals surface area contributed by atoms with Gasteiger partial charge in [0.05, 0.1) is 0 Å². The first-order chi connectivity index (χ1) is 10.9. The molecule has 23 heavy (non-hydrogen) atoms. The second-order valence-corrected chi connectivity index (χ2v) is 6.27. The first kappa shape index (κ1) is 15.3. The molecule has 1 heterocycles. The first-order valence-electron chi connectivity index (χ1n) is 7.85. The van der Waals surface area contributed by atoms with Crippen LogP contribution in [0.5, 0.6) is 0 Å². The Morgan fingerprint density at radius 3 is 2.39 bits per heavy atom. The molecular formula is C20H21NO2. The van der Waals surface area contributed by atoms with Crippen molar-refractivity contribution in [3.63, 3.8) is 0 Å². The number of carboxylic acid groups (broad SMARTS) is 1. The summed E-state index contributed by atoms with van der Waals surface area (Å²) in [5, 5.41) is 10.1. The number of carbonyl (C=O) groups is 1. The number of benzene rings is 2. The Balaban J connectivity index is 2.02. The van der Waals surface area contributed by atoms with E-state index in [2.05, 4.69) is 62.2 Å². The maximum Gasteiger partial charge on any atom is 0.303 e. The van der Waals surface area contributed by atoms with E-state index in [0.717, 1.165) is 16.8 Å². The molecule has 0 atom stereocenters. The van der Waals surface area contributed by atoms with Crippen LogP contribution in [0.15, 0.2) is 36.4 Å². The largest absolute Gasteiger partial charge is 0.481 e. The Morgan fingerprint density at radius 1 is 1.04 bits per heavy atom. The van der Waals surface area contributed by atoms with E-state index in [1.54, 1.807) is 0 Å². The van der Waals surface area contributed by atoms with Gasteiger partial charge in [0.2, 0.25) is 0 Å². The minimum Gasteiger partial charge on any atom is -0.481 e. The fourth-order valence-electron chi connectivity index (χ4n) is 3.25. The van der Waals surface area contributed by atoms with Crippen molar-refractivity contribution in [2.75, 3.05) is 0 Å². The van der Waals surface area contributed by atoms with Crippen molar-refractivity contribution in [2.24, 2.45) is 0 Å².